The van der Waals surface area contributed by atoms with Gasteiger partial charge in [0.2, 0.25) is 17.7 Å². The van der Waals surface area contributed by atoms with E-state index in [1.54, 1.807) is 6.92 Å². The van der Waals surface area contributed by atoms with Gasteiger partial charge in [0.15, 0.2) is 0 Å². The molecule has 1 saturated heterocycles. The minimum absolute atomic E-state index is 0.206. The molecule has 1 rings (SSSR count). The number of amides is 3. The summed E-state index contributed by atoms with van der Waals surface area (Å²) < 4.78 is 0. The molecule has 0 aliphatic carbocycles. The van der Waals surface area contributed by atoms with Crippen molar-refractivity contribution in [1.82, 2.24) is 4.90 Å². The van der Waals surface area contributed by atoms with Crippen molar-refractivity contribution in [2.75, 3.05) is 0 Å². The van der Waals surface area contributed by atoms with Gasteiger partial charge in [0.05, 0.1) is 0 Å². The number of carbonyl (C=O) groups is 3. The number of hydrogen-bond acceptors (Lipinski definition) is 3. The van der Waals surface area contributed by atoms with Crippen LogP contribution >= 0.6 is 0 Å². The summed E-state index contributed by atoms with van der Waals surface area (Å²) in [6.07, 6.45) is 4.33. The maximum atomic E-state index is 11.6. The molecule has 0 spiro atoms. The molecular formula is C11H17NO3. The molecule has 1 aliphatic rings. The van der Waals surface area contributed by atoms with E-state index in [0.29, 0.717) is 12.8 Å². The predicted molar refractivity (Wildman–Crippen MR) is 54.9 cm³/mol. The number of imide groups is 3. The van der Waals surface area contributed by atoms with Crippen LogP contribution in [-0.4, -0.2) is 22.6 Å². The minimum Gasteiger partial charge on any atom is -0.274 e. The fourth-order valence-corrected chi connectivity index (χ4v) is 1.70. The third-order valence-corrected chi connectivity index (χ3v) is 2.58. The van der Waals surface area contributed by atoms with Crippen LogP contribution in [0.1, 0.15) is 51.9 Å². The molecule has 0 unspecified atom stereocenters. The average molecular weight is 211 g/mol. The van der Waals surface area contributed by atoms with Gasteiger partial charge in [-0.1, -0.05) is 19.8 Å². The van der Waals surface area contributed by atoms with Gasteiger partial charge in [-0.3, -0.25) is 14.4 Å². The van der Waals surface area contributed by atoms with Crippen LogP contribution in [0.4, 0.5) is 0 Å². The maximum absolute atomic E-state index is 11.6. The van der Waals surface area contributed by atoms with Gasteiger partial charge < -0.3 is 0 Å². The summed E-state index contributed by atoms with van der Waals surface area (Å²) in [5, 5.41) is 0. The molecule has 0 aromatic heterocycles. The summed E-state index contributed by atoms with van der Waals surface area (Å²) in [5.74, 6) is -1.02. The molecule has 3 amide bonds. The number of rotatable bonds is 1. The molecule has 1 fully saturated rings. The van der Waals surface area contributed by atoms with Crippen molar-refractivity contribution in [2.24, 2.45) is 0 Å². The molecule has 0 aromatic rings. The van der Waals surface area contributed by atoms with Gasteiger partial charge in [-0.05, 0) is 12.8 Å². The van der Waals surface area contributed by atoms with Crippen LogP contribution in [0.2, 0.25) is 0 Å². The highest BCUT2D eigenvalue weighted by Gasteiger charge is 2.26. The van der Waals surface area contributed by atoms with Gasteiger partial charge >= 0.3 is 0 Å². The highest BCUT2D eigenvalue weighted by atomic mass is 16.2. The normalized spacial score (nSPS) is 19.4. The Labute approximate surface area is 89.6 Å². The fraction of sp³-hybridized carbons (Fsp3) is 0.727. The van der Waals surface area contributed by atoms with E-state index in [2.05, 4.69) is 0 Å². The summed E-state index contributed by atoms with van der Waals surface area (Å²) in [7, 11) is 0. The second-order valence-electron chi connectivity index (χ2n) is 3.78. The second-order valence-corrected chi connectivity index (χ2v) is 3.78. The Balaban J connectivity index is 2.78. The lowest BCUT2D eigenvalue weighted by molar-refractivity contribution is -0.153. The van der Waals surface area contributed by atoms with E-state index >= 15 is 0 Å². The zero-order valence-electron chi connectivity index (χ0n) is 9.12. The molecule has 15 heavy (non-hydrogen) atoms. The third-order valence-electron chi connectivity index (χ3n) is 2.58. The van der Waals surface area contributed by atoms with Crippen LogP contribution < -0.4 is 0 Å². The first-order valence-electron chi connectivity index (χ1n) is 5.55. The third kappa shape index (κ3) is 3.15. The van der Waals surface area contributed by atoms with Crippen LogP contribution in [0.25, 0.3) is 0 Å². The Morgan fingerprint density at radius 2 is 1.53 bits per heavy atom. The average Bonchev–Trinajstić information content (AvgIpc) is 2.29. The zero-order valence-corrected chi connectivity index (χ0v) is 9.12. The lowest BCUT2D eigenvalue weighted by Crippen LogP contribution is -2.41. The zero-order chi connectivity index (χ0) is 11.3. The van der Waals surface area contributed by atoms with E-state index in [1.165, 1.54) is 0 Å². The van der Waals surface area contributed by atoms with E-state index in [-0.39, 0.29) is 24.1 Å². The molecule has 4 heteroatoms. The lowest BCUT2D eigenvalue weighted by Gasteiger charge is -2.17. The maximum Gasteiger partial charge on any atom is 0.236 e. The molecule has 0 saturated carbocycles. The fourth-order valence-electron chi connectivity index (χ4n) is 1.70. The molecule has 1 heterocycles. The van der Waals surface area contributed by atoms with E-state index in [9.17, 15) is 14.4 Å². The molecule has 1 aliphatic heterocycles. The quantitative estimate of drug-likeness (QED) is 0.619. The molecule has 4 nitrogen and oxygen atoms in total. The van der Waals surface area contributed by atoms with Crippen molar-refractivity contribution >= 4 is 17.7 Å². The molecule has 0 radical (unpaired) electrons. The first-order valence-corrected chi connectivity index (χ1v) is 5.55. The number of carbonyl (C=O) groups excluding carboxylic acids is 3. The molecule has 0 aromatic carbocycles. The largest absolute Gasteiger partial charge is 0.274 e. The van der Waals surface area contributed by atoms with Gasteiger partial charge in [-0.2, -0.15) is 0 Å². The van der Waals surface area contributed by atoms with E-state index in [0.717, 1.165) is 30.6 Å². The standard InChI is InChI=1S/C11H17NO3/c1-2-9(13)12-10(14)7-5-3-4-6-8-11(12)15/h2-8H2,1H3. The summed E-state index contributed by atoms with van der Waals surface area (Å²) in [5.41, 5.74) is 0. The molecular weight excluding hydrogens is 194 g/mol. The van der Waals surface area contributed by atoms with Crippen LogP contribution in [0.3, 0.4) is 0 Å². The van der Waals surface area contributed by atoms with Crippen LogP contribution in [0, 0.1) is 0 Å². The van der Waals surface area contributed by atoms with Gasteiger partial charge in [-0.15, -0.1) is 0 Å². The van der Waals surface area contributed by atoms with Crippen molar-refractivity contribution in [2.45, 2.75) is 51.9 Å². The van der Waals surface area contributed by atoms with Gasteiger partial charge in [0.25, 0.3) is 0 Å². The lowest BCUT2D eigenvalue weighted by atomic mass is 10.1. The summed E-state index contributed by atoms with van der Waals surface area (Å²) >= 11 is 0. The molecule has 0 atom stereocenters. The molecule has 0 N–H and O–H groups in total. The van der Waals surface area contributed by atoms with Gasteiger partial charge in [0.1, 0.15) is 0 Å². The summed E-state index contributed by atoms with van der Waals surface area (Å²) in [6.45, 7) is 1.66. The van der Waals surface area contributed by atoms with Crippen molar-refractivity contribution < 1.29 is 14.4 Å². The number of nitrogens with zero attached hydrogens (tertiary/aromatic N) is 1. The second kappa shape index (κ2) is 5.63. The topological polar surface area (TPSA) is 54.5 Å². The molecule has 0 bridgehead atoms. The summed E-state index contributed by atoms with van der Waals surface area (Å²) in [4.78, 5) is 35.5. The van der Waals surface area contributed by atoms with Gasteiger partial charge in [0, 0.05) is 19.3 Å². The van der Waals surface area contributed by atoms with Gasteiger partial charge in [-0.25, -0.2) is 4.90 Å². The smallest absolute Gasteiger partial charge is 0.236 e. The van der Waals surface area contributed by atoms with Crippen LogP contribution in [-0.2, 0) is 14.4 Å². The predicted octanol–water partition coefficient (Wildman–Crippen LogP) is 1.63. The molecule has 84 valence electrons. The Morgan fingerprint density at radius 1 is 1.07 bits per heavy atom. The van der Waals surface area contributed by atoms with Crippen LogP contribution in [0.15, 0.2) is 0 Å². The van der Waals surface area contributed by atoms with Crippen molar-refractivity contribution in [3.8, 4) is 0 Å². The highest BCUT2D eigenvalue weighted by Crippen LogP contribution is 2.13. The van der Waals surface area contributed by atoms with E-state index in [4.69, 9.17) is 0 Å². The Bertz CT molecular complexity index is 253. The Morgan fingerprint density at radius 3 is 1.93 bits per heavy atom. The Kier molecular flexibility index (Phi) is 4.46. The minimum atomic E-state index is -0.369. The first-order chi connectivity index (χ1) is 7.16. The van der Waals surface area contributed by atoms with Crippen molar-refractivity contribution in [3.63, 3.8) is 0 Å². The van der Waals surface area contributed by atoms with E-state index in [1.807, 2.05) is 0 Å². The highest BCUT2D eigenvalue weighted by molar-refractivity contribution is 6.10. The summed E-state index contributed by atoms with van der Waals surface area (Å²) in [6, 6.07) is 0. The van der Waals surface area contributed by atoms with Crippen molar-refractivity contribution in [3.05, 3.63) is 0 Å². The Hall–Kier alpha value is -1.19. The van der Waals surface area contributed by atoms with Crippen LogP contribution in [0.5, 0.6) is 0 Å². The SMILES string of the molecule is CCC(=O)N1C(=O)CCCCCCC1=O. The van der Waals surface area contributed by atoms with E-state index < -0.39 is 0 Å². The number of hydrogen-bond donors (Lipinski definition) is 0. The van der Waals surface area contributed by atoms with Crippen molar-refractivity contribution in [1.29, 1.82) is 0 Å². The monoisotopic (exact) mass is 211 g/mol. The first kappa shape index (κ1) is 11.9.